The summed E-state index contributed by atoms with van der Waals surface area (Å²) in [7, 11) is 1.61. The summed E-state index contributed by atoms with van der Waals surface area (Å²) in [4.78, 5) is 15.7. The zero-order valence-corrected chi connectivity index (χ0v) is 21.5. The van der Waals surface area contributed by atoms with Gasteiger partial charge in [-0.05, 0) is 85.9 Å². The molecule has 0 radical (unpaired) electrons. The first-order chi connectivity index (χ1) is 16.3. The molecular formula is C25H21BrClN3O3S. The molecule has 3 aromatic rings. The van der Waals surface area contributed by atoms with Crippen LogP contribution in [0.15, 0.2) is 71.2 Å². The highest BCUT2D eigenvalue weighted by Gasteiger charge is 2.59. The molecule has 2 bridgehead atoms. The van der Waals surface area contributed by atoms with Crippen LogP contribution < -0.4 is 25.0 Å². The summed E-state index contributed by atoms with van der Waals surface area (Å²) < 4.78 is 13.0. The normalized spacial score (nSPS) is 22.8. The van der Waals surface area contributed by atoms with Gasteiger partial charge in [-0.15, -0.1) is 0 Å². The van der Waals surface area contributed by atoms with Crippen LogP contribution in [-0.4, -0.2) is 23.9 Å². The highest BCUT2D eigenvalue weighted by molar-refractivity contribution is 9.10. The lowest BCUT2D eigenvalue weighted by atomic mass is 9.78. The summed E-state index contributed by atoms with van der Waals surface area (Å²) in [6.07, 6.45) is 0. The van der Waals surface area contributed by atoms with Gasteiger partial charge in [0.25, 0.3) is 0 Å². The molecule has 6 nitrogen and oxygen atoms in total. The summed E-state index contributed by atoms with van der Waals surface area (Å²) in [6, 6.07) is 19.9. The maximum absolute atomic E-state index is 13.8. The smallest absolute Gasteiger partial charge is 0.236 e. The average molecular weight is 559 g/mol. The molecule has 3 aromatic carbocycles. The van der Waals surface area contributed by atoms with E-state index in [-0.39, 0.29) is 5.91 Å². The van der Waals surface area contributed by atoms with Crippen molar-refractivity contribution >= 4 is 62.1 Å². The van der Waals surface area contributed by atoms with Gasteiger partial charge in [0.15, 0.2) is 10.8 Å². The van der Waals surface area contributed by atoms with E-state index in [9.17, 15) is 4.79 Å². The van der Waals surface area contributed by atoms with Gasteiger partial charge in [0.2, 0.25) is 5.91 Å². The Bertz CT molecular complexity index is 1270. The van der Waals surface area contributed by atoms with E-state index in [1.165, 1.54) is 0 Å². The standard InChI is InChI=1S/C25H21BrClN3O3S/c1-25-21(23(31)28-16-7-5-15(27)6-8-16)22(19-13-18(32-2)11-12-20(19)33-25)29-24(34)30(25)17-9-3-14(26)4-10-17/h3-13,21-22H,1-2H3,(H,28,31)(H,29,34)/t21-,22-,25+/m0/s1. The molecular weight excluding hydrogens is 538 g/mol. The van der Waals surface area contributed by atoms with Gasteiger partial charge in [-0.2, -0.15) is 0 Å². The Morgan fingerprint density at radius 2 is 1.88 bits per heavy atom. The highest BCUT2D eigenvalue weighted by Crippen LogP contribution is 2.50. The average Bonchev–Trinajstić information content (AvgIpc) is 2.81. The quantitative estimate of drug-likeness (QED) is 0.388. The molecule has 0 saturated carbocycles. The summed E-state index contributed by atoms with van der Waals surface area (Å²) in [5, 5.41) is 7.49. The molecule has 0 aromatic heterocycles. The van der Waals surface area contributed by atoms with Gasteiger partial charge in [0.05, 0.1) is 13.2 Å². The molecule has 5 rings (SSSR count). The Labute approximate surface area is 216 Å². The van der Waals surface area contributed by atoms with E-state index in [1.807, 2.05) is 54.3 Å². The van der Waals surface area contributed by atoms with Crippen molar-refractivity contribution in [1.82, 2.24) is 5.32 Å². The molecule has 0 aliphatic carbocycles. The minimum Gasteiger partial charge on any atom is -0.497 e. The van der Waals surface area contributed by atoms with Crippen molar-refractivity contribution < 1.29 is 14.3 Å². The molecule has 34 heavy (non-hydrogen) atoms. The number of anilines is 2. The zero-order valence-electron chi connectivity index (χ0n) is 18.3. The van der Waals surface area contributed by atoms with Crippen LogP contribution in [-0.2, 0) is 4.79 Å². The maximum atomic E-state index is 13.8. The Morgan fingerprint density at radius 1 is 1.18 bits per heavy atom. The van der Waals surface area contributed by atoms with E-state index in [1.54, 1.807) is 31.4 Å². The van der Waals surface area contributed by atoms with Crippen molar-refractivity contribution in [3.8, 4) is 11.5 Å². The van der Waals surface area contributed by atoms with Crippen LogP contribution in [0.25, 0.3) is 0 Å². The first-order valence-electron chi connectivity index (χ1n) is 10.6. The maximum Gasteiger partial charge on any atom is 0.236 e. The first-order valence-corrected chi connectivity index (χ1v) is 12.2. The largest absolute Gasteiger partial charge is 0.497 e. The number of thiocarbonyl (C=S) groups is 1. The fraction of sp³-hybridized carbons (Fsp3) is 0.200. The van der Waals surface area contributed by atoms with E-state index in [0.29, 0.717) is 27.3 Å². The van der Waals surface area contributed by atoms with E-state index < -0.39 is 17.7 Å². The number of benzene rings is 3. The third-order valence-corrected chi connectivity index (χ3v) is 7.27. The number of rotatable bonds is 4. The van der Waals surface area contributed by atoms with E-state index >= 15 is 0 Å². The Hall–Kier alpha value is -2.81. The fourth-order valence-electron chi connectivity index (χ4n) is 4.62. The van der Waals surface area contributed by atoms with Crippen LogP contribution in [0.3, 0.4) is 0 Å². The predicted molar refractivity (Wildman–Crippen MR) is 141 cm³/mol. The van der Waals surface area contributed by atoms with E-state index in [4.69, 9.17) is 33.3 Å². The predicted octanol–water partition coefficient (Wildman–Crippen LogP) is 5.91. The van der Waals surface area contributed by atoms with E-state index in [2.05, 4.69) is 26.6 Å². The molecule has 3 atom stereocenters. The van der Waals surface area contributed by atoms with E-state index in [0.717, 1.165) is 15.7 Å². The van der Waals surface area contributed by atoms with Crippen LogP contribution in [0.5, 0.6) is 11.5 Å². The Kier molecular flexibility index (Phi) is 5.91. The summed E-state index contributed by atoms with van der Waals surface area (Å²) in [5.74, 6) is 0.477. The zero-order chi connectivity index (χ0) is 24.0. The van der Waals surface area contributed by atoms with Gasteiger partial charge in [0, 0.05) is 26.4 Å². The van der Waals surface area contributed by atoms with Gasteiger partial charge in [-0.1, -0.05) is 27.5 Å². The van der Waals surface area contributed by atoms with Crippen LogP contribution in [0.2, 0.25) is 5.02 Å². The molecule has 0 spiro atoms. The number of halogens is 2. The lowest BCUT2D eigenvalue weighted by molar-refractivity contribution is -0.130. The monoisotopic (exact) mass is 557 g/mol. The number of amides is 1. The third-order valence-electron chi connectivity index (χ3n) is 6.18. The topological polar surface area (TPSA) is 62.8 Å². The van der Waals surface area contributed by atoms with Crippen molar-refractivity contribution in [2.24, 2.45) is 5.92 Å². The molecule has 2 heterocycles. The number of fused-ring (bicyclic) bond motifs is 4. The van der Waals surface area contributed by atoms with Crippen molar-refractivity contribution in [2.75, 3.05) is 17.3 Å². The second-order valence-electron chi connectivity index (χ2n) is 8.27. The van der Waals surface area contributed by atoms with Gasteiger partial charge in [-0.25, -0.2) is 0 Å². The highest BCUT2D eigenvalue weighted by atomic mass is 79.9. The SMILES string of the molecule is COc1ccc2c(c1)[C@@H]1NC(=S)N(c3ccc(Br)cc3)[C@](C)(O2)[C@@H]1C(=O)Nc1ccc(Cl)cc1. The number of carbonyl (C=O) groups is 1. The molecule has 2 aliphatic rings. The minimum absolute atomic E-state index is 0.208. The number of hydrogen-bond acceptors (Lipinski definition) is 4. The number of ether oxygens (including phenoxy) is 2. The summed E-state index contributed by atoms with van der Waals surface area (Å²) >= 11 is 15.3. The van der Waals surface area contributed by atoms with Crippen LogP contribution in [0.1, 0.15) is 18.5 Å². The van der Waals surface area contributed by atoms with Crippen molar-refractivity contribution in [3.05, 3.63) is 81.8 Å². The summed E-state index contributed by atoms with van der Waals surface area (Å²) in [6.45, 7) is 1.90. The lowest BCUT2D eigenvalue weighted by Crippen LogP contribution is -2.72. The molecule has 0 unspecified atom stereocenters. The number of nitrogens with zero attached hydrogens (tertiary/aromatic N) is 1. The number of hydrogen-bond donors (Lipinski definition) is 2. The van der Waals surface area contributed by atoms with Crippen LogP contribution in [0.4, 0.5) is 11.4 Å². The second-order valence-corrected chi connectivity index (χ2v) is 10.0. The lowest BCUT2D eigenvalue weighted by Gasteiger charge is -2.56. The number of carbonyl (C=O) groups excluding carboxylic acids is 1. The van der Waals surface area contributed by atoms with Gasteiger partial charge < -0.3 is 20.1 Å². The molecule has 2 N–H and O–H groups in total. The van der Waals surface area contributed by atoms with Gasteiger partial charge in [0.1, 0.15) is 17.4 Å². The molecule has 9 heteroatoms. The van der Waals surface area contributed by atoms with Crippen molar-refractivity contribution in [3.63, 3.8) is 0 Å². The molecule has 1 amide bonds. The van der Waals surface area contributed by atoms with Crippen molar-refractivity contribution in [2.45, 2.75) is 18.7 Å². The molecule has 1 fully saturated rings. The van der Waals surface area contributed by atoms with Crippen LogP contribution in [0, 0.1) is 5.92 Å². The molecule has 174 valence electrons. The fourth-order valence-corrected chi connectivity index (χ4v) is 5.42. The molecule has 2 aliphatic heterocycles. The van der Waals surface area contributed by atoms with Crippen molar-refractivity contribution in [1.29, 1.82) is 0 Å². The second kappa shape index (κ2) is 8.76. The number of methoxy groups -OCH3 is 1. The minimum atomic E-state index is -1.10. The number of nitrogens with one attached hydrogen (secondary N) is 2. The third kappa shape index (κ3) is 3.89. The summed E-state index contributed by atoms with van der Waals surface area (Å²) in [5.41, 5.74) is 1.16. The van der Waals surface area contributed by atoms with Gasteiger partial charge >= 0.3 is 0 Å². The Morgan fingerprint density at radius 3 is 2.56 bits per heavy atom. The van der Waals surface area contributed by atoms with Gasteiger partial charge in [-0.3, -0.25) is 9.69 Å². The Balaban J connectivity index is 1.62. The molecule has 1 saturated heterocycles. The first kappa shape index (κ1) is 23.0. The van der Waals surface area contributed by atoms with Crippen LogP contribution >= 0.6 is 39.7 Å².